The zero-order chi connectivity index (χ0) is 19.6. The molecular weight excluding hydrogens is 391 g/mol. The number of rotatable bonds is 4. The molecule has 0 atom stereocenters. The zero-order valence-electron chi connectivity index (χ0n) is 16.3. The van der Waals surface area contributed by atoms with Gasteiger partial charge in [-0.3, -0.25) is 9.80 Å². The second-order valence-electron chi connectivity index (χ2n) is 7.31. The number of nitrogens with one attached hydrogen (secondary N) is 2. The molecule has 28 heavy (non-hydrogen) atoms. The molecule has 2 N–H and O–H groups in total. The first-order valence-electron chi connectivity index (χ1n) is 10.0. The second kappa shape index (κ2) is 11.8. The number of halogens is 2. The maximum Gasteiger partial charge on any atom is 0.0406 e. The Morgan fingerprint density at radius 1 is 0.571 bits per heavy atom. The molecule has 4 nitrogen and oxygen atoms in total. The largest absolute Gasteiger partial charge is 0.314 e. The van der Waals surface area contributed by atoms with Gasteiger partial charge in [0.15, 0.2) is 0 Å². The van der Waals surface area contributed by atoms with Crippen molar-refractivity contribution in [2.24, 2.45) is 0 Å². The molecule has 0 amide bonds. The van der Waals surface area contributed by atoms with Crippen molar-refractivity contribution in [3.05, 3.63) is 69.7 Å². The van der Waals surface area contributed by atoms with Gasteiger partial charge in [0.1, 0.15) is 0 Å². The highest BCUT2D eigenvalue weighted by Gasteiger charge is 2.10. The number of piperazine rings is 2. The summed E-state index contributed by atoms with van der Waals surface area (Å²) in [6.45, 7) is 11.1. The van der Waals surface area contributed by atoms with Gasteiger partial charge in [0, 0.05) is 75.5 Å². The third-order valence-electron chi connectivity index (χ3n) is 5.06. The molecule has 0 spiro atoms. The number of benzene rings is 2. The van der Waals surface area contributed by atoms with Crippen LogP contribution in [-0.4, -0.2) is 62.2 Å². The fraction of sp³-hybridized carbons (Fsp3) is 0.455. The molecule has 2 aliphatic rings. The van der Waals surface area contributed by atoms with Crippen molar-refractivity contribution < 1.29 is 0 Å². The minimum atomic E-state index is 0.814. The van der Waals surface area contributed by atoms with E-state index in [0.29, 0.717) is 0 Å². The van der Waals surface area contributed by atoms with Gasteiger partial charge in [0.05, 0.1) is 0 Å². The van der Waals surface area contributed by atoms with Crippen molar-refractivity contribution in [2.75, 3.05) is 52.4 Å². The van der Waals surface area contributed by atoms with Crippen molar-refractivity contribution in [3.63, 3.8) is 0 Å². The van der Waals surface area contributed by atoms with Gasteiger partial charge >= 0.3 is 0 Å². The summed E-state index contributed by atoms with van der Waals surface area (Å²) in [5.74, 6) is 0. The van der Waals surface area contributed by atoms with Crippen LogP contribution in [0.4, 0.5) is 0 Å². The molecule has 2 fully saturated rings. The lowest BCUT2D eigenvalue weighted by Gasteiger charge is -2.27. The molecule has 0 aromatic heterocycles. The molecular formula is C22H30Cl2N4. The average molecular weight is 421 g/mol. The van der Waals surface area contributed by atoms with Crippen LogP contribution in [-0.2, 0) is 13.1 Å². The Hall–Kier alpha value is -1.14. The van der Waals surface area contributed by atoms with Crippen molar-refractivity contribution in [1.82, 2.24) is 20.4 Å². The lowest BCUT2D eigenvalue weighted by molar-refractivity contribution is 0.233. The van der Waals surface area contributed by atoms with Crippen LogP contribution in [0.15, 0.2) is 48.5 Å². The first-order chi connectivity index (χ1) is 13.7. The second-order valence-corrected chi connectivity index (χ2v) is 8.18. The smallest absolute Gasteiger partial charge is 0.0406 e. The van der Waals surface area contributed by atoms with E-state index in [2.05, 4.69) is 44.7 Å². The van der Waals surface area contributed by atoms with E-state index >= 15 is 0 Å². The molecule has 2 heterocycles. The van der Waals surface area contributed by atoms with E-state index in [1.54, 1.807) is 0 Å². The van der Waals surface area contributed by atoms with Gasteiger partial charge in [-0.05, 0) is 35.4 Å². The Balaban J connectivity index is 0.000000161. The van der Waals surface area contributed by atoms with Crippen molar-refractivity contribution in [2.45, 2.75) is 13.1 Å². The average Bonchev–Trinajstić information content (AvgIpc) is 2.74. The molecule has 0 saturated carbocycles. The van der Waals surface area contributed by atoms with Gasteiger partial charge in [0.2, 0.25) is 0 Å². The number of hydrogen-bond acceptors (Lipinski definition) is 4. The summed E-state index contributed by atoms with van der Waals surface area (Å²) in [6.07, 6.45) is 0. The van der Waals surface area contributed by atoms with Crippen molar-refractivity contribution in [1.29, 1.82) is 0 Å². The van der Waals surface area contributed by atoms with Gasteiger partial charge in [-0.15, -0.1) is 0 Å². The normalized spacial score (nSPS) is 18.4. The molecule has 0 unspecified atom stereocenters. The highest BCUT2D eigenvalue weighted by atomic mass is 35.5. The van der Waals surface area contributed by atoms with Crippen LogP contribution in [0.5, 0.6) is 0 Å². The summed E-state index contributed by atoms with van der Waals surface area (Å²) in [6, 6.07) is 16.2. The third kappa shape index (κ3) is 7.70. The van der Waals surface area contributed by atoms with Crippen molar-refractivity contribution >= 4 is 23.2 Å². The molecule has 2 aromatic rings. The SMILES string of the molecule is Clc1ccc(CN2CCNCC2)cc1.Clc1ccc(CN2CCNCC2)cc1. The van der Waals surface area contributed by atoms with Gasteiger partial charge in [-0.2, -0.15) is 0 Å². The van der Waals surface area contributed by atoms with Crippen LogP contribution in [0.3, 0.4) is 0 Å². The Kier molecular flexibility index (Phi) is 9.06. The van der Waals surface area contributed by atoms with E-state index in [0.717, 1.165) is 75.5 Å². The van der Waals surface area contributed by atoms with Crippen LogP contribution in [0.2, 0.25) is 10.0 Å². The van der Waals surface area contributed by atoms with E-state index < -0.39 is 0 Å². The summed E-state index contributed by atoms with van der Waals surface area (Å²) in [7, 11) is 0. The monoisotopic (exact) mass is 420 g/mol. The molecule has 152 valence electrons. The van der Waals surface area contributed by atoms with Crippen LogP contribution in [0.25, 0.3) is 0 Å². The Morgan fingerprint density at radius 3 is 1.21 bits per heavy atom. The fourth-order valence-corrected chi connectivity index (χ4v) is 3.69. The summed E-state index contributed by atoms with van der Waals surface area (Å²) in [5, 5.41) is 8.32. The highest BCUT2D eigenvalue weighted by molar-refractivity contribution is 6.30. The minimum absolute atomic E-state index is 0.814. The van der Waals surface area contributed by atoms with E-state index in [1.807, 2.05) is 24.3 Å². The fourth-order valence-electron chi connectivity index (χ4n) is 3.43. The summed E-state index contributed by atoms with van der Waals surface area (Å²) >= 11 is 11.7. The lowest BCUT2D eigenvalue weighted by atomic mass is 10.2. The van der Waals surface area contributed by atoms with E-state index in [1.165, 1.54) is 11.1 Å². The van der Waals surface area contributed by atoms with E-state index in [-0.39, 0.29) is 0 Å². The molecule has 2 saturated heterocycles. The molecule has 2 aliphatic heterocycles. The molecule has 0 bridgehead atoms. The standard InChI is InChI=1S/2C11H15ClN2/c2*12-11-3-1-10(2-4-11)9-14-7-5-13-6-8-14/h2*1-4,13H,5-9H2. The minimum Gasteiger partial charge on any atom is -0.314 e. The zero-order valence-corrected chi connectivity index (χ0v) is 17.9. The maximum atomic E-state index is 5.83. The quantitative estimate of drug-likeness (QED) is 0.792. The molecule has 4 rings (SSSR count). The maximum absolute atomic E-state index is 5.83. The highest BCUT2D eigenvalue weighted by Crippen LogP contribution is 2.12. The molecule has 6 heteroatoms. The van der Waals surface area contributed by atoms with E-state index in [4.69, 9.17) is 23.2 Å². The lowest BCUT2D eigenvalue weighted by Crippen LogP contribution is -2.42. The molecule has 0 radical (unpaired) electrons. The topological polar surface area (TPSA) is 30.5 Å². The van der Waals surface area contributed by atoms with Crippen LogP contribution < -0.4 is 10.6 Å². The van der Waals surface area contributed by atoms with E-state index in [9.17, 15) is 0 Å². The third-order valence-corrected chi connectivity index (χ3v) is 5.56. The first kappa shape index (κ1) is 21.6. The Morgan fingerprint density at radius 2 is 0.893 bits per heavy atom. The van der Waals surface area contributed by atoms with Crippen molar-refractivity contribution in [3.8, 4) is 0 Å². The Bertz CT molecular complexity index is 617. The van der Waals surface area contributed by atoms with Gasteiger partial charge in [-0.1, -0.05) is 47.5 Å². The number of nitrogens with zero attached hydrogens (tertiary/aromatic N) is 2. The van der Waals surface area contributed by atoms with Gasteiger partial charge in [-0.25, -0.2) is 0 Å². The Labute approximate surface area is 178 Å². The predicted octanol–water partition coefficient (Wildman–Crippen LogP) is 3.49. The number of hydrogen-bond donors (Lipinski definition) is 2. The predicted molar refractivity (Wildman–Crippen MR) is 119 cm³/mol. The first-order valence-corrected chi connectivity index (χ1v) is 10.8. The summed E-state index contributed by atoms with van der Waals surface area (Å²) in [4.78, 5) is 4.92. The van der Waals surface area contributed by atoms with Crippen LogP contribution >= 0.6 is 23.2 Å². The summed E-state index contributed by atoms with van der Waals surface area (Å²) in [5.41, 5.74) is 2.69. The molecule has 2 aromatic carbocycles. The van der Waals surface area contributed by atoms with Crippen LogP contribution in [0, 0.1) is 0 Å². The summed E-state index contributed by atoms with van der Waals surface area (Å²) < 4.78 is 0. The molecule has 0 aliphatic carbocycles. The van der Waals surface area contributed by atoms with Crippen LogP contribution in [0.1, 0.15) is 11.1 Å². The van der Waals surface area contributed by atoms with Gasteiger partial charge < -0.3 is 10.6 Å². The van der Waals surface area contributed by atoms with Gasteiger partial charge in [0.25, 0.3) is 0 Å².